The molecule has 132 valence electrons. The first-order valence-electron chi connectivity index (χ1n) is 9.10. The van der Waals surface area contributed by atoms with Crippen molar-refractivity contribution in [2.45, 2.75) is 38.2 Å². The zero-order chi connectivity index (χ0) is 16.8. The number of carbonyl (C=O) groups excluding carboxylic acids is 1. The van der Waals surface area contributed by atoms with Crippen molar-refractivity contribution < 1.29 is 14.3 Å². The number of para-hydroxylation sites is 1. The van der Waals surface area contributed by atoms with E-state index in [0.717, 1.165) is 38.0 Å². The number of amides is 1. The van der Waals surface area contributed by atoms with E-state index in [1.165, 1.54) is 5.56 Å². The highest BCUT2D eigenvalue weighted by molar-refractivity contribution is 5.85. The first-order valence-corrected chi connectivity index (χ1v) is 9.10. The maximum Gasteiger partial charge on any atom is 0.256 e. The van der Waals surface area contributed by atoms with Gasteiger partial charge in [-0.2, -0.15) is 0 Å². The Bertz CT molecular complexity index is 555. The molecule has 5 nitrogen and oxygen atoms in total. The van der Waals surface area contributed by atoms with Crippen LogP contribution in [0.3, 0.4) is 0 Å². The molecule has 1 atom stereocenters. The number of hydrogen-bond donors (Lipinski definition) is 1. The van der Waals surface area contributed by atoms with E-state index in [2.05, 4.69) is 17.4 Å². The van der Waals surface area contributed by atoms with Gasteiger partial charge in [0, 0.05) is 19.6 Å². The van der Waals surface area contributed by atoms with Gasteiger partial charge >= 0.3 is 0 Å². The lowest BCUT2D eigenvalue weighted by atomic mass is 9.91. The van der Waals surface area contributed by atoms with E-state index >= 15 is 0 Å². The van der Waals surface area contributed by atoms with Gasteiger partial charge in [-0.3, -0.25) is 4.79 Å². The summed E-state index contributed by atoms with van der Waals surface area (Å²) in [5, 5.41) is 3.34. The van der Waals surface area contributed by atoms with Crippen LogP contribution in [0.25, 0.3) is 0 Å². The lowest BCUT2D eigenvalue weighted by Crippen LogP contribution is -2.60. The summed E-state index contributed by atoms with van der Waals surface area (Å²) in [5.41, 5.74) is 0.552. The van der Waals surface area contributed by atoms with E-state index in [9.17, 15) is 4.79 Å². The minimum Gasteiger partial charge on any atom is -0.491 e. The Balaban J connectivity index is 1.80. The Morgan fingerprint density at radius 1 is 1.25 bits per heavy atom. The number of morpholine rings is 1. The largest absolute Gasteiger partial charge is 0.491 e. The molecule has 1 fully saturated rings. The monoisotopic (exact) mass is 332 g/mol. The molecule has 1 saturated heterocycles. The van der Waals surface area contributed by atoms with E-state index < -0.39 is 5.60 Å². The molecule has 0 saturated carbocycles. The lowest BCUT2D eigenvalue weighted by molar-refractivity contribution is -0.163. The van der Waals surface area contributed by atoms with Crippen LogP contribution >= 0.6 is 0 Å². The number of rotatable bonds is 1. The summed E-state index contributed by atoms with van der Waals surface area (Å²) in [5.74, 6) is 1.06. The summed E-state index contributed by atoms with van der Waals surface area (Å²) >= 11 is 0. The third-order valence-electron chi connectivity index (χ3n) is 4.99. The van der Waals surface area contributed by atoms with Gasteiger partial charge in [-0.15, -0.1) is 0 Å². The molecule has 2 aliphatic heterocycles. The van der Waals surface area contributed by atoms with Gasteiger partial charge in [0.15, 0.2) is 5.60 Å². The highest BCUT2D eigenvalue weighted by atomic mass is 16.5. The third-order valence-corrected chi connectivity index (χ3v) is 4.99. The number of hydrogen-bond acceptors (Lipinski definition) is 4. The molecular formula is C19H28N2O3. The second-order valence-electron chi connectivity index (χ2n) is 6.57. The molecule has 2 aliphatic rings. The minimum atomic E-state index is -0.701. The standard InChI is InChI=1S/C19H28N2O3/c1-2-21-12-14-23-17-9-4-3-7-16(17)8-5-6-10-19(18(21)22)15-20-11-13-24-19/h3-4,7,9,20H,2,5-6,8,10-15H2,1H3. The van der Waals surface area contributed by atoms with Crippen LogP contribution in [0.1, 0.15) is 31.7 Å². The average Bonchev–Trinajstić information content (AvgIpc) is 2.63. The Kier molecular flexibility index (Phi) is 5.74. The van der Waals surface area contributed by atoms with Crippen LogP contribution in [-0.2, 0) is 16.0 Å². The van der Waals surface area contributed by atoms with Crippen LogP contribution in [-0.4, -0.2) is 55.8 Å². The van der Waals surface area contributed by atoms with Gasteiger partial charge in [0.25, 0.3) is 5.91 Å². The Morgan fingerprint density at radius 2 is 2.12 bits per heavy atom. The number of ether oxygens (including phenoxy) is 2. The molecule has 1 amide bonds. The van der Waals surface area contributed by atoms with Crippen molar-refractivity contribution in [1.82, 2.24) is 10.2 Å². The third kappa shape index (κ3) is 3.73. The summed E-state index contributed by atoms with van der Waals surface area (Å²) < 4.78 is 12.0. The van der Waals surface area contributed by atoms with Crippen molar-refractivity contribution in [3.63, 3.8) is 0 Å². The molecule has 1 aromatic rings. The summed E-state index contributed by atoms with van der Waals surface area (Å²) in [6.07, 6.45) is 3.76. The molecule has 24 heavy (non-hydrogen) atoms. The van der Waals surface area contributed by atoms with Crippen molar-refractivity contribution in [3.05, 3.63) is 29.8 Å². The van der Waals surface area contributed by atoms with Gasteiger partial charge in [-0.05, 0) is 44.2 Å². The summed E-state index contributed by atoms with van der Waals surface area (Å²) in [4.78, 5) is 15.0. The molecule has 3 rings (SSSR count). The van der Waals surface area contributed by atoms with Gasteiger partial charge in [0.05, 0.1) is 13.2 Å². The van der Waals surface area contributed by atoms with E-state index in [1.54, 1.807) is 0 Å². The van der Waals surface area contributed by atoms with Gasteiger partial charge in [0.2, 0.25) is 0 Å². The smallest absolute Gasteiger partial charge is 0.256 e. The van der Waals surface area contributed by atoms with Crippen molar-refractivity contribution in [2.75, 3.05) is 39.4 Å². The van der Waals surface area contributed by atoms with Crippen LogP contribution in [0.15, 0.2) is 24.3 Å². The summed E-state index contributed by atoms with van der Waals surface area (Å²) in [6, 6.07) is 8.22. The highest BCUT2D eigenvalue weighted by Gasteiger charge is 2.42. The predicted octanol–water partition coefficient (Wildman–Crippen LogP) is 2.00. The molecule has 5 heteroatoms. The number of nitrogens with zero attached hydrogens (tertiary/aromatic N) is 1. The molecule has 2 heterocycles. The molecule has 0 bridgehead atoms. The van der Waals surface area contributed by atoms with Gasteiger partial charge in [-0.1, -0.05) is 18.2 Å². The van der Waals surface area contributed by atoms with Crippen molar-refractivity contribution >= 4 is 5.91 Å². The van der Waals surface area contributed by atoms with Crippen molar-refractivity contribution in [1.29, 1.82) is 0 Å². The van der Waals surface area contributed by atoms with E-state index in [4.69, 9.17) is 9.47 Å². The fourth-order valence-electron chi connectivity index (χ4n) is 3.60. The van der Waals surface area contributed by atoms with Crippen LogP contribution in [0.2, 0.25) is 0 Å². The van der Waals surface area contributed by atoms with Crippen LogP contribution in [0, 0.1) is 0 Å². The SMILES string of the molecule is CCN1CCOc2ccccc2CCCCC2(CNCCO2)C1=O. The summed E-state index contributed by atoms with van der Waals surface area (Å²) in [7, 11) is 0. The molecular weight excluding hydrogens is 304 g/mol. The second kappa shape index (κ2) is 7.99. The molecule has 1 spiro atoms. The first-order chi connectivity index (χ1) is 11.7. The fraction of sp³-hybridized carbons (Fsp3) is 0.632. The van der Waals surface area contributed by atoms with Gasteiger partial charge < -0.3 is 19.7 Å². The van der Waals surface area contributed by atoms with Gasteiger partial charge in [-0.25, -0.2) is 0 Å². The predicted molar refractivity (Wildman–Crippen MR) is 93.3 cm³/mol. The molecule has 0 aromatic heterocycles. The fourth-order valence-corrected chi connectivity index (χ4v) is 3.60. The number of benzene rings is 1. The Morgan fingerprint density at radius 3 is 2.92 bits per heavy atom. The number of fused-ring (bicyclic) bond motifs is 1. The quantitative estimate of drug-likeness (QED) is 0.855. The number of nitrogens with one attached hydrogen (secondary N) is 1. The van der Waals surface area contributed by atoms with E-state index in [1.807, 2.05) is 24.0 Å². The first kappa shape index (κ1) is 17.2. The Hall–Kier alpha value is -1.59. The van der Waals surface area contributed by atoms with Crippen LogP contribution < -0.4 is 10.1 Å². The maximum absolute atomic E-state index is 13.1. The van der Waals surface area contributed by atoms with Crippen LogP contribution in [0.4, 0.5) is 0 Å². The second-order valence-corrected chi connectivity index (χ2v) is 6.57. The minimum absolute atomic E-state index is 0.106. The molecule has 1 unspecified atom stereocenters. The van der Waals surface area contributed by atoms with Gasteiger partial charge in [0.1, 0.15) is 12.4 Å². The molecule has 1 aromatic carbocycles. The zero-order valence-corrected chi connectivity index (χ0v) is 14.6. The molecule has 1 N–H and O–H groups in total. The maximum atomic E-state index is 13.1. The number of carbonyl (C=O) groups is 1. The zero-order valence-electron chi connectivity index (χ0n) is 14.6. The van der Waals surface area contributed by atoms with Crippen molar-refractivity contribution in [2.24, 2.45) is 0 Å². The molecule has 0 aliphatic carbocycles. The normalized spacial score (nSPS) is 26.2. The summed E-state index contributed by atoms with van der Waals surface area (Å²) in [6.45, 7) is 5.82. The molecule has 0 radical (unpaired) electrons. The van der Waals surface area contributed by atoms with Crippen molar-refractivity contribution in [3.8, 4) is 5.75 Å². The van der Waals surface area contributed by atoms with E-state index in [-0.39, 0.29) is 5.91 Å². The van der Waals surface area contributed by atoms with E-state index in [0.29, 0.717) is 32.8 Å². The number of likely N-dealkylation sites (N-methyl/N-ethyl adjacent to an activating group) is 1. The average molecular weight is 332 g/mol. The van der Waals surface area contributed by atoms with Crippen LogP contribution in [0.5, 0.6) is 5.75 Å². The topological polar surface area (TPSA) is 50.8 Å². The lowest BCUT2D eigenvalue weighted by Gasteiger charge is -2.40. The highest BCUT2D eigenvalue weighted by Crippen LogP contribution is 2.27. The number of aryl methyl sites for hydroxylation is 1. The Labute approximate surface area is 144 Å².